The lowest BCUT2D eigenvalue weighted by Gasteiger charge is -2.14. The van der Waals surface area contributed by atoms with E-state index < -0.39 is 47.4 Å². The second kappa shape index (κ2) is 12.6. The fourth-order valence-corrected chi connectivity index (χ4v) is 5.69. The summed E-state index contributed by atoms with van der Waals surface area (Å²) in [5, 5.41) is 23.7. The third kappa shape index (κ3) is 5.69. The van der Waals surface area contributed by atoms with Gasteiger partial charge < -0.3 is 20.8 Å². The Morgan fingerprint density at radius 2 is 0.808 bits per heavy atom. The zero-order chi connectivity index (χ0) is 36.8. The summed E-state index contributed by atoms with van der Waals surface area (Å²) in [4.78, 5) is 106. The number of imide groups is 2. The van der Waals surface area contributed by atoms with Gasteiger partial charge in [0, 0.05) is 11.1 Å². The fraction of sp³-hybridized carbons (Fsp3) is 0. The SMILES string of the molecule is O=C(O)c1ccc2c(c1)C(=O)N(c1ccc(C(=O)Nc3cccc(NC(=O)c4ccc(N5C(=O)c6ccc(C(=O)O)cc6C5=O)cc4)n3)cc1)C2=O. The van der Waals surface area contributed by atoms with Crippen LogP contribution in [0.1, 0.15) is 82.9 Å². The van der Waals surface area contributed by atoms with Crippen molar-refractivity contribution in [2.24, 2.45) is 0 Å². The number of hydrogen-bond acceptors (Lipinski definition) is 9. The molecule has 1 aromatic heterocycles. The van der Waals surface area contributed by atoms with Crippen molar-refractivity contribution in [3.8, 4) is 0 Å². The topological polar surface area (TPSA) is 220 Å². The first kappa shape index (κ1) is 32.7. The van der Waals surface area contributed by atoms with E-state index in [0.29, 0.717) is 0 Å². The van der Waals surface area contributed by atoms with Crippen molar-refractivity contribution in [3.05, 3.63) is 148 Å². The molecule has 0 saturated carbocycles. The number of benzene rings is 4. The Labute approximate surface area is 291 Å². The molecule has 0 atom stereocenters. The number of carbonyl (C=O) groups is 8. The number of rotatable bonds is 8. The number of aromatic carboxylic acids is 2. The van der Waals surface area contributed by atoms with E-state index in [2.05, 4.69) is 15.6 Å². The predicted octanol–water partition coefficient (Wildman–Crippen LogP) is 4.58. The van der Waals surface area contributed by atoms with Crippen LogP contribution in [0.2, 0.25) is 0 Å². The smallest absolute Gasteiger partial charge is 0.335 e. The molecule has 0 bridgehead atoms. The van der Waals surface area contributed by atoms with E-state index >= 15 is 0 Å². The number of aromatic nitrogens is 1. The van der Waals surface area contributed by atoms with Crippen molar-refractivity contribution in [2.75, 3.05) is 20.4 Å². The Kier molecular flexibility index (Phi) is 7.91. The number of carboxylic acid groups (broad SMARTS) is 2. The molecule has 7 rings (SSSR count). The standard InChI is InChI=1S/C37H21N5O10/c43-30(18-4-10-22(11-5-18)41-32(45)24-14-8-20(36(49)50)16-26(24)34(41)47)39-28-2-1-3-29(38-28)40-31(44)19-6-12-23(13-7-19)42-33(46)25-15-9-21(37(51)52)17-27(25)35(42)48/h1-17H,(H,49,50)(H,51,52)(H2,38,39,40,43,44). The monoisotopic (exact) mass is 695 g/mol. The number of fused-ring (bicyclic) bond motifs is 2. The largest absolute Gasteiger partial charge is 0.478 e. The van der Waals surface area contributed by atoms with Gasteiger partial charge >= 0.3 is 11.9 Å². The average Bonchev–Trinajstić information content (AvgIpc) is 3.54. The zero-order valence-corrected chi connectivity index (χ0v) is 26.3. The normalized spacial score (nSPS) is 13.2. The van der Waals surface area contributed by atoms with Crippen LogP contribution in [0.25, 0.3) is 0 Å². The van der Waals surface area contributed by atoms with Crippen molar-refractivity contribution < 1.29 is 48.6 Å². The summed E-state index contributed by atoms with van der Waals surface area (Å²) in [6, 6.07) is 23.0. The van der Waals surface area contributed by atoms with Gasteiger partial charge in [0.15, 0.2) is 0 Å². The van der Waals surface area contributed by atoms with Gasteiger partial charge in [0.05, 0.1) is 44.8 Å². The summed E-state index contributed by atoms with van der Waals surface area (Å²) in [7, 11) is 0. The van der Waals surface area contributed by atoms with Crippen molar-refractivity contribution in [1.29, 1.82) is 0 Å². The minimum atomic E-state index is -1.24. The van der Waals surface area contributed by atoms with Gasteiger partial charge in [-0.2, -0.15) is 0 Å². The van der Waals surface area contributed by atoms with Crippen LogP contribution in [0.4, 0.5) is 23.0 Å². The van der Waals surface area contributed by atoms with Gasteiger partial charge in [-0.25, -0.2) is 24.4 Å². The van der Waals surface area contributed by atoms with Crippen LogP contribution in [0.5, 0.6) is 0 Å². The number of nitrogens with one attached hydrogen (secondary N) is 2. The van der Waals surface area contributed by atoms with Crippen LogP contribution >= 0.6 is 0 Å². The highest BCUT2D eigenvalue weighted by molar-refractivity contribution is 6.35. The molecule has 0 fully saturated rings. The molecule has 0 saturated heterocycles. The van der Waals surface area contributed by atoms with E-state index in [4.69, 9.17) is 0 Å². The van der Waals surface area contributed by atoms with Gasteiger partial charge in [-0.1, -0.05) is 6.07 Å². The van der Waals surface area contributed by atoms with E-state index in [1.807, 2.05) is 0 Å². The Bertz CT molecular complexity index is 2270. The molecule has 6 amide bonds. The summed E-state index contributed by atoms with van der Waals surface area (Å²) < 4.78 is 0. The third-order valence-electron chi connectivity index (χ3n) is 8.27. The molecule has 2 aliphatic rings. The van der Waals surface area contributed by atoms with Crippen LogP contribution in [0, 0.1) is 0 Å². The highest BCUT2D eigenvalue weighted by Crippen LogP contribution is 2.31. The lowest BCUT2D eigenvalue weighted by atomic mass is 10.1. The first-order valence-corrected chi connectivity index (χ1v) is 15.2. The minimum Gasteiger partial charge on any atom is -0.478 e. The van der Waals surface area contributed by atoms with E-state index in [0.717, 1.165) is 21.9 Å². The highest BCUT2D eigenvalue weighted by atomic mass is 16.4. The van der Waals surface area contributed by atoms with E-state index in [1.54, 1.807) is 6.07 Å². The molecule has 3 heterocycles. The van der Waals surface area contributed by atoms with Crippen LogP contribution in [-0.2, 0) is 0 Å². The maximum absolute atomic E-state index is 13.0. The number of carbonyl (C=O) groups excluding carboxylic acids is 6. The van der Waals surface area contributed by atoms with Gasteiger partial charge in [-0.05, 0) is 97.1 Å². The number of nitrogens with zero attached hydrogens (tertiary/aromatic N) is 3. The third-order valence-corrected chi connectivity index (χ3v) is 8.27. The fourth-order valence-electron chi connectivity index (χ4n) is 5.69. The summed E-state index contributed by atoms with van der Waals surface area (Å²) in [6.07, 6.45) is 0. The lowest BCUT2D eigenvalue weighted by Crippen LogP contribution is -2.29. The van der Waals surface area contributed by atoms with Gasteiger partial charge in [0.2, 0.25) is 0 Å². The zero-order valence-electron chi connectivity index (χ0n) is 26.3. The molecule has 0 radical (unpaired) electrons. The van der Waals surface area contributed by atoms with E-state index in [9.17, 15) is 48.6 Å². The Hall–Kier alpha value is -7.81. The van der Waals surface area contributed by atoms with Crippen molar-refractivity contribution in [2.45, 2.75) is 0 Å². The van der Waals surface area contributed by atoms with Crippen LogP contribution in [0.3, 0.4) is 0 Å². The van der Waals surface area contributed by atoms with E-state index in [1.165, 1.54) is 84.9 Å². The van der Waals surface area contributed by atoms with Crippen LogP contribution in [-0.4, -0.2) is 62.6 Å². The van der Waals surface area contributed by atoms with Crippen LogP contribution < -0.4 is 20.4 Å². The number of pyridine rings is 1. The molecular weight excluding hydrogens is 674 g/mol. The van der Waals surface area contributed by atoms with Crippen molar-refractivity contribution >= 4 is 70.4 Å². The van der Waals surface area contributed by atoms with Crippen LogP contribution in [0.15, 0.2) is 103 Å². The second-order valence-electron chi connectivity index (χ2n) is 11.4. The number of amides is 6. The maximum atomic E-state index is 13.0. The molecule has 15 nitrogen and oxygen atoms in total. The summed E-state index contributed by atoms with van der Waals surface area (Å²) in [5.74, 6) is -6.12. The summed E-state index contributed by atoms with van der Waals surface area (Å²) in [6.45, 7) is 0. The molecule has 2 aliphatic heterocycles. The maximum Gasteiger partial charge on any atom is 0.335 e. The van der Waals surface area contributed by atoms with Crippen molar-refractivity contribution in [1.82, 2.24) is 4.98 Å². The molecule has 5 aromatic rings. The Morgan fingerprint density at radius 3 is 1.17 bits per heavy atom. The van der Waals surface area contributed by atoms with E-state index in [-0.39, 0.29) is 67.5 Å². The summed E-state index contributed by atoms with van der Waals surface area (Å²) in [5.41, 5.74) is 0.438. The average molecular weight is 696 g/mol. The first-order valence-electron chi connectivity index (χ1n) is 15.2. The molecule has 4 aromatic carbocycles. The lowest BCUT2D eigenvalue weighted by molar-refractivity contribution is 0.0686. The Morgan fingerprint density at radius 1 is 0.462 bits per heavy atom. The quantitative estimate of drug-likeness (QED) is 0.165. The highest BCUT2D eigenvalue weighted by Gasteiger charge is 2.38. The predicted molar refractivity (Wildman–Crippen MR) is 182 cm³/mol. The van der Waals surface area contributed by atoms with Crippen molar-refractivity contribution in [3.63, 3.8) is 0 Å². The number of anilines is 4. The molecule has 52 heavy (non-hydrogen) atoms. The minimum absolute atomic E-state index is 0.0397. The first-order chi connectivity index (χ1) is 24.9. The molecule has 0 aliphatic carbocycles. The molecular formula is C37H21N5O10. The number of carboxylic acids is 2. The molecule has 15 heteroatoms. The van der Waals surface area contributed by atoms with Gasteiger partial charge in [-0.3, -0.25) is 28.8 Å². The van der Waals surface area contributed by atoms with Gasteiger partial charge in [0.25, 0.3) is 35.4 Å². The second-order valence-corrected chi connectivity index (χ2v) is 11.4. The number of hydrogen-bond donors (Lipinski definition) is 4. The Balaban J connectivity index is 0.991. The van der Waals surface area contributed by atoms with Gasteiger partial charge in [0.1, 0.15) is 11.6 Å². The van der Waals surface area contributed by atoms with Gasteiger partial charge in [-0.15, -0.1) is 0 Å². The molecule has 254 valence electrons. The molecule has 4 N–H and O–H groups in total. The molecule has 0 spiro atoms. The summed E-state index contributed by atoms with van der Waals surface area (Å²) >= 11 is 0. The molecule has 0 unspecified atom stereocenters.